The van der Waals surface area contributed by atoms with Gasteiger partial charge in [0.2, 0.25) is 5.91 Å². The molecular weight excluding hydrogens is 314 g/mol. The predicted octanol–water partition coefficient (Wildman–Crippen LogP) is 0.731. The van der Waals surface area contributed by atoms with Crippen LogP contribution in [0.25, 0.3) is 0 Å². The summed E-state index contributed by atoms with van der Waals surface area (Å²) in [5.74, 6) is -0.528. The van der Waals surface area contributed by atoms with Gasteiger partial charge in [0.15, 0.2) is 0 Å². The van der Waals surface area contributed by atoms with Crippen molar-refractivity contribution in [2.24, 2.45) is 0 Å². The zero-order valence-electron chi connectivity index (χ0n) is 9.98. The number of hydrogen-bond acceptors (Lipinski definition) is 3. The molecule has 0 radical (unpaired) electrons. The summed E-state index contributed by atoms with van der Waals surface area (Å²) in [6.07, 6.45) is 0. The Bertz CT molecular complexity index is 517. The van der Waals surface area contributed by atoms with Crippen LogP contribution in [0.3, 0.4) is 0 Å². The number of benzene rings is 1. The Morgan fingerprint density at radius 1 is 1.37 bits per heavy atom. The number of nitrogens with one attached hydrogen (secondary N) is 2. The Kier molecular flexibility index (Phi) is 4.16. The number of amides is 4. The van der Waals surface area contributed by atoms with E-state index in [9.17, 15) is 14.4 Å². The molecule has 1 fully saturated rings. The van der Waals surface area contributed by atoms with Gasteiger partial charge in [0.05, 0.1) is 12.1 Å². The molecule has 0 aliphatic carbocycles. The molecule has 6 nitrogen and oxygen atoms in total. The maximum Gasteiger partial charge on any atom is 0.324 e. The van der Waals surface area contributed by atoms with E-state index in [0.29, 0.717) is 10.0 Å². The standard InChI is InChI=1S/C12H12BrN3O3/c13-9-4-2-1-3-8(9)11(18)14-5-6-16-10(17)7-15-12(16)19/h1-4H,5-7H2,(H,14,18)(H,15,19). The van der Waals surface area contributed by atoms with Gasteiger partial charge in [-0.15, -0.1) is 0 Å². The van der Waals surface area contributed by atoms with Crippen LogP contribution in [0.1, 0.15) is 10.4 Å². The Hall–Kier alpha value is -1.89. The molecule has 19 heavy (non-hydrogen) atoms. The number of nitrogens with zero attached hydrogens (tertiary/aromatic N) is 1. The third-order valence-electron chi connectivity index (χ3n) is 2.68. The summed E-state index contributed by atoms with van der Waals surface area (Å²) in [4.78, 5) is 35.5. The second-order valence-corrected chi connectivity index (χ2v) is 4.79. The molecule has 0 spiro atoms. The average Bonchev–Trinajstić information content (AvgIpc) is 2.70. The van der Waals surface area contributed by atoms with Crippen molar-refractivity contribution in [3.8, 4) is 0 Å². The van der Waals surface area contributed by atoms with Crippen LogP contribution in [0.2, 0.25) is 0 Å². The fourth-order valence-electron chi connectivity index (χ4n) is 1.70. The summed E-state index contributed by atoms with van der Waals surface area (Å²) in [6, 6.07) is 6.62. The molecule has 1 aromatic rings. The van der Waals surface area contributed by atoms with Crippen LogP contribution < -0.4 is 10.6 Å². The largest absolute Gasteiger partial charge is 0.350 e. The van der Waals surface area contributed by atoms with E-state index in [4.69, 9.17) is 0 Å². The molecule has 1 saturated heterocycles. The number of hydrogen-bond donors (Lipinski definition) is 2. The normalized spacial score (nSPS) is 14.5. The number of carbonyl (C=O) groups excluding carboxylic acids is 3. The van der Waals surface area contributed by atoms with Crippen molar-refractivity contribution < 1.29 is 14.4 Å². The Morgan fingerprint density at radius 2 is 2.11 bits per heavy atom. The second kappa shape index (κ2) is 5.83. The molecule has 1 aliphatic rings. The van der Waals surface area contributed by atoms with Crippen molar-refractivity contribution in [2.75, 3.05) is 19.6 Å². The molecule has 2 N–H and O–H groups in total. The highest BCUT2D eigenvalue weighted by Gasteiger charge is 2.27. The molecule has 2 rings (SSSR count). The number of carbonyl (C=O) groups is 3. The minimum absolute atomic E-state index is 0.0248. The van der Waals surface area contributed by atoms with Crippen LogP contribution in [-0.2, 0) is 4.79 Å². The molecule has 1 aromatic carbocycles. The smallest absolute Gasteiger partial charge is 0.324 e. The van der Waals surface area contributed by atoms with E-state index in [1.54, 1.807) is 18.2 Å². The second-order valence-electron chi connectivity index (χ2n) is 3.94. The van der Waals surface area contributed by atoms with Gasteiger partial charge in [0, 0.05) is 17.6 Å². The van der Waals surface area contributed by atoms with Crippen molar-refractivity contribution in [3.05, 3.63) is 34.3 Å². The Balaban J connectivity index is 1.86. The van der Waals surface area contributed by atoms with Crippen molar-refractivity contribution >= 4 is 33.8 Å². The van der Waals surface area contributed by atoms with E-state index in [1.165, 1.54) is 0 Å². The van der Waals surface area contributed by atoms with Gasteiger partial charge >= 0.3 is 6.03 Å². The Morgan fingerprint density at radius 3 is 2.74 bits per heavy atom. The SMILES string of the molecule is O=C(NCCN1C(=O)CNC1=O)c1ccccc1Br. The first-order chi connectivity index (χ1) is 9.09. The lowest BCUT2D eigenvalue weighted by molar-refractivity contribution is -0.124. The van der Waals surface area contributed by atoms with Crippen LogP contribution in [-0.4, -0.2) is 42.4 Å². The number of urea groups is 1. The van der Waals surface area contributed by atoms with E-state index < -0.39 is 6.03 Å². The first-order valence-electron chi connectivity index (χ1n) is 5.70. The molecule has 100 valence electrons. The first kappa shape index (κ1) is 13.5. The Labute approximate surface area is 118 Å². The first-order valence-corrected chi connectivity index (χ1v) is 6.50. The van der Waals surface area contributed by atoms with Crippen molar-refractivity contribution in [3.63, 3.8) is 0 Å². The van der Waals surface area contributed by atoms with E-state index in [0.717, 1.165) is 4.90 Å². The quantitative estimate of drug-likeness (QED) is 0.801. The van der Waals surface area contributed by atoms with Crippen LogP contribution in [0.15, 0.2) is 28.7 Å². The predicted molar refractivity (Wildman–Crippen MR) is 71.6 cm³/mol. The van der Waals surface area contributed by atoms with Crippen LogP contribution in [0.5, 0.6) is 0 Å². The van der Waals surface area contributed by atoms with E-state index >= 15 is 0 Å². The van der Waals surface area contributed by atoms with Gasteiger partial charge in [-0.2, -0.15) is 0 Å². The maximum atomic E-state index is 11.9. The van der Waals surface area contributed by atoms with Gasteiger partial charge in [-0.25, -0.2) is 4.79 Å². The van der Waals surface area contributed by atoms with Gasteiger partial charge in [-0.05, 0) is 28.1 Å². The average molecular weight is 326 g/mol. The number of halogens is 1. The molecule has 7 heteroatoms. The molecule has 1 heterocycles. The van der Waals surface area contributed by atoms with Gasteiger partial charge in [-0.1, -0.05) is 12.1 Å². The van der Waals surface area contributed by atoms with Gasteiger partial charge < -0.3 is 10.6 Å². The molecule has 0 unspecified atom stereocenters. The van der Waals surface area contributed by atoms with Crippen molar-refractivity contribution in [1.29, 1.82) is 0 Å². The summed E-state index contributed by atoms with van der Waals surface area (Å²) < 4.78 is 0.697. The fraction of sp³-hybridized carbons (Fsp3) is 0.250. The lowest BCUT2D eigenvalue weighted by Gasteiger charge is -2.13. The van der Waals surface area contributed by atoms with Crippen LogP contribution in [0.4, 0.5) is 4.79 Å². The minimum atomic E-state index is -0.417. The summed E-state index contributed by atoms with van der Waals surface area (Å²) in [7, 11) is 0. The van der Waals surface area contributed by atoms with Crippen molar-refractivity contribution in [1.82, 2.24) is 15.5 Å². The highest BCUT2D eigenvalue weighted by Crippen LogP contribution is 2.15. The summed E-state index contributed by atoms with van der Waals surface area (Å²) in [6.45, 7) is 0.414. The fourth-order valence-corrected chi connectivity index (χ4v) is 2.17. The highest BCUT2D eigenvalue weighted by atomic mass is 79.9. The molecule has 4 amide bonds. The van der Waals surface area contributed by atoms with Gasteiger partial charge in [0.25, 0.3) is 5.91 Å². The molecule has 0 saturated carbocycles. The molecule has 0 atom stereocenters. The lowest BCUT2D eigenvalue weighted by Crippen LogP contribution is -2.38. The molecular formula is C12H12BrN3O3. The number of imide groups is 1. The molecule has 0 bridgehead atoms. The van der Waals surface area contributed by atoms with Crippen molar-refractivity contribution in [2.45, 2.75) is 0 Å². The van der Waals surface area contributed by atoms with Crippen LogP contribution >= 0.6 is 15.9 Å². The summed E-state index contributed by atoms with van der Waals surface area (Å²) >= 11 is 3.28. The lowest BCUT2D eigenvalue weighted by atomic mass is 10.2. The molecule has 1 aliphatic heterocycles. The topological polar surface area (TPSA) is 78.5 Å². The molecule has 0 aromatic heterocycles. The minimum Gasteiger partial charge on any atom is -0.350 e. The zero-order chi connectivity index (χ0) is 13.8. The highest BCUT2D eigenvalue weighted by molar-refractivity contribution is 9.10. The van der Waals surface area contributed by atoms with Gasteiger partial charge in [-0.3, -0.25) is 14.5 Å². The summed E-state index contributed by atoms with van der Waals surface area (Å²) in [5.41, 5.74) is 0.514. The zero-order valence-corrected chi connectivity index (χ0v) is 11.6. The van der Waals surface area contributed by atoms with Crippen LogP contribution in [0, 0.1) is 0 Å². The third-order valence-corrected chi connectivity index (χ3v) is 3.37. The number of rotatable bonds is 4. The van der Waals surface area contributed by atoms with E-state index in [-0.39, 0.29) is 31.4 Å². The van der Waals surface area contributed by atoms with Gasteiger partial charge in [0.1, 0.15) is 0 Å². The van der Waals surface area contributed by atoms with E-state index in [1.807, 2.05) is 6.07 Å². The maximum absolute atomic E-state index is 11.9. The summed E-state index contributed by atoms with van der Waals surface area (Å²) in [5, 5.41) is 5.08. The monoisotopic (exact) mass is 325 g/mol. The third kappa shape index (κ3) is 3.11. The van der Waals surface area contributed by atoms with E-state index in [2.05, 4.69) is 26.6 Å².